The lowest BCUT2D eigenvalue weighted by atomic mass is 9.92. The second-order valence-electron chi connectivity index (χ2n) is 4.16. The summed E-state index contributed by atoms with van der Waals surface area (Å²) in [5.74, 6) is 0. The summed E-state index contributed by atoms with van der Waals surface area (Å²) in [6.07, 6.45) is 4.56. The number of rotatable bonds is 0. The number of nitrogens with one attached hydrogen (secondary N) is 1. The summed E-state index contributed by atoms with van der Waals surface area (Å²) in [5, 5.41) is 1.98. The Morgan fingerprint density at radius 3 is 2.50 bits per heavy atom. The summed E-state index contributed by atoms with van der Waals surface area (Å²) in [7, 11) is 0. The highest BCUT2D eigenvalue weighted by molar-refractivity contribution is 5.85. The van der Waals surface area contributed by atoms with Gasteiger partial charge >= 0.3 is 0 Å². The molecule has 1 aromatic carbocycles. The van der Waals surface area contributed by atoms with Crippen molar-refractivity contribution in [2.24, 2.45) is 0 Å². The standard InChI is InChI=1S/C13H13NO.ClH/c15-13-11-7-2-1-5-9(11)10-6-3-4-8-12(10)14-13;/h1-2,5,7H,3-4,6,8H2,(H,14,15);1H. The second kappa shape index (κ2) is 4.30. The fourth-order valence-electron chi connectivity index (χ4n) is 2.49. The fourth-order valence-corrected chi connectivity index (χ4v) is 2.49. The van der Waals surface area contributed by atoms with Gasteiger partial charge in [0, 0.05) is 11.1 Å². The molecule has 0 atom stereocenters. The quantitative estimate of drug-likeness (QED) is 0.749. The van der Waals surface area contributed by atoms with Crippen molar-refractivity contribution in [2.45, 2.75) is 25.7 Å². The van der Waals surface area contributed by atoms with Crippen molar-refractivity contribution >= 4 is 23.2 Å². The Morgan fingerprint density at radius 1 is 1.00 bits per heavy atom. The monoisotopic (exact) mass is 235 g/mol. The predicted octanol–water partition coefficient (Wildman–Crippen LogP) is 2.83. The van der Waals surface area contributed by atoms with Crippen LogP contribution in [0.2, 0.25) is 0 Å². The predicted molar refractivity (Wildman–Crippen MR) is 68.5 cm³/mol. The van der Waals surface area contributed by atoms with Crippen molar-refractivity contribution in [3.63, 3.8) is 0 Å². The molecular weight excluding hydrogens is 222 g/mol. The number of hydrogen-bond acceptors (Lipinski definition) is 1. The molecule has 3 rings (SSSR count). The van der Waals surface area contributed by atoms with Crippen LogP contribution in [0.1, 0.15) is 24.1 Å². The van der Waals surface area contributed by atoms with E-state index in [0.29, 0.717) is 0 Å². The van der Waals surface area contributed by atoms with Gasteiger partial charge in [0.1, 0.15) is 0 Å². The van der Waals surface area contributed by atoms with Crippen LogP contribution in [0.25, 0.3) is 10.8 Å². The first-order chi connectivity index (χ1) is 7.36. The highest BCUT2D eigenvalue weighted by atomic mass is 35.5. The Labute approximate surface area is 100 Å². The number of aryl methyl sites for hydroxylation is 2. The third kappa shape index (κ3) is 1.63. The largest absolute Gasteiger partial charge is 0.325 e. The Hall–Kier alpha value is -1.28. The van der Waals surface area contributed by atoms with E-state index in [1.165, 1.54) is 18.4 Å². The van der Waals surface area contributed by atoms with E-state index in [1.807, 2.05) is 18.2 Å². The first-order valence-corrected chi connectivity index (χ1v) is 5.49. The van der Waals surface area contributed by atoms with E-state index in [0.717, 1.165) is 29.3 Å². The lowest BCUT2D eigenvalue weighted by Crippen LogP contribution is -2.15. The third-order valence-electron chi connectivity index (χ3n) is 3.23. The van der Waals surface area contributed by atoms with Crippen LogP contribution in [0.5, 0.6) is 0 Å². The number of halogens is 1. The van der Waals surface area contributed by atoms with Crippen molar-refractivity contribution in [3.8, 4) is 0 Å². The minimum absolute atomic E-state index is 0. The lowest BCUT2D eigenvalue weighted by Gasteiger charge is -2.17. The molecule has 1 aliphatic carbocycles. The molecule has 0 bridgehead atoms. The Morgan fingerprint density at radius 2 is 1.69 bits per heavy atom. The average Bonchev–Trinajstić information content (AvgIpc) is 2.30. The van der Waals surface area contributed by atoms with Crippen LogP contribution >= 0.6 is 12.4 Å². The molecule has 0 saturated heterocycles. The first kappa shape index (κ1) is 11.2. The molecule has 84 valence electrons. The Bertz CT molecular complexity index is 574. The molecule has 2 aromatic rings. The fraction of sp³-hybridized carbons (Fsp3) is 0.308. The molecule has 0 spiro atoms. The minimum Gasteiger partial charge on any atom is -0.325 e. The molecule has 16 heavy (non-hydrogen) atoms. The Balaban J connectivity index is 0.000000963. The molecule has 3 heteroatoms. The van der Waals surface area contributed by atoms with Crippen molar-refractivity contribution < 1.29 is 0 Å². The molecule has 0 radical (unpaired) electrons. The molecule has 1 N–H and O–H groups in total. The van der Waals surface area contributed by atoms with Crippen LogP contribution < -0.4 is 5.56 Å². The first-order valence-electron chi connectivity index (χ1n) is 5.49. The van der Waals surface area contributed by atoms with Gasteiger partial charge in [-0.25, -0.2) is 0 Å². The maximum atomic E-state index is 11.8. The van der Waals surface area contributed by atoms with Crippen molar-refractivity contribution in [1.29, 1.82) is 0 Å². The summed E-state index contributed by atoms with van der Waals surface area (Å²) < 4.78 is 0. The topological polar surface area (TPSA) is 32.9 Å². The molecule has 0 aliphatic heterocycles. The zero-order valence-electron chi connectivity index (χ0n) is 8.95. The number of aromatic amines is 1. The van der Waals surface area contributed by atoms with Gasteiger partial charge in [-0.1, -0.05) is 18.2 Å². The van der Waals surface area contributed by atoms with Gasteiger partial charge in [0.15, 0.2) is 0 Å². The van der Waals surface area contributed by atoms with Gasteiger partial charge in [0.25, 0.3) is 5.56 Å². The van der Waals surface area contributed by atoms with Crippen LogP contribution in [-0.2, 0) is 12.8 Å². The maximum Gasteiger partial charge on any atom is 0.256 e. The van der Waals surface area contributed by atoms with Crippen LogP contribution in [0.4, 0.5) is 0 Å². The Kier molecular flexibility index (Phi) is 3.01. The molecule has 0 amide bonds. The number of benzene rings is 1. The number of aromatic nitrogens is 1. The van der Waals surface area contributed by atoms with Crippen molar-refractivity contribution in [1.82, 2.24) is 4.98 Å². The van der Waals surface area contributed by atoms with Crippen LogP contribution in [0.3, 0.4) is 0 Å². The summed E-state index contributed by atoms with van der Waals surface area (Å²) in [4.78, 5) is 14.8. The van der Waals surface area contributed by atoms with E-state index >= 15 is 0 Å². The molecule has 1 aliphatic rings. The normalized spacial score (nSPS) is 14.2. The van der Waals surface area contributed by atoms with E-state index in [4.69, 9.17) is 0 Å². The van der Waals surface area contributed by atoms with E-state index in [2.05, 4.69) is 11.1 Å². The summed E-state index contributed by atoms with van der Waals surface area (Å²) >= 11 is 0. The van der Waals surface area contributed by atoms with Gasteiger partial charge in [0.05, 0.1) is 0 Å². The highest BCUT2D eigenvalue weighted by Gasteiger charge is 2.14. The molecule has 1 heterocycles. The second-order valence-corrected chi connectivity index (χ2v) is 4.16. The molecule has 0 unspecified atom stereocenters. The molecule has 1 aromatic heterocycles. The number of H-pyrrole nitrogens is 1. The van der Waals surface area contributed by atoms with E-state index in [1.54, 1.807) is 0 Å². The van der Waals surface area contributed by atoms with Crippen LogP contribution in [0.15, 0.2) is 29.1 Å². The molecule has 2 nitrogen and oxygen atoms in total. The third-order valence-corrected chi connectivity index (χ3v) is 3.23. The van der Waals surface area contributed by atoms with Crippen molar-refractivity contribution in [3.05, 3.63) is 45.9 Å². The van der Waals surface area contributed by atoms with Gasteiger partial charge in [0.2, 0.25) is 0 Å². The number of hydrogen-bond donors (Lipinski definition) is 1. The number of fused-ring (bicyclic) bond motifs is 3. The van der Waals surface area contributed by atoms with E-state index in [9.17, 15) is 4.79 Å². The highest BCUT2D eigenvalue weighted by Crippen LogP contribution is 2.24. The van der Waals surface area contributed by atoms with Gasteiger partial charge in [-0.05, 0) is 42.7 Å². The van der Waals surface area contributed by atoms with Gasteiger partial charge in [-0.2, -0.15) is 0 Å². The van der Waals surface area contributed by atoms with Crippen molar-refractivity contribution in [2.75, 3.05) is 0 Å². The minimum atomic E-state index is 0. The van der Waals surface area contributed by atoms with Crippen LogP contribution in [0, 0.1) is 0 Å². The SMILES string of the molecule is Cl.O=c1[nH]c2c(c3ccccc13)CCCC2. The lowest BCUT2D eigenvalue weighted by molar-refractivity contribution is 0.671. The zero-order chi connectivity index (χ0) is 10.3. The smallest absolute Gasteiger partial charge is 0.256 e. The average molecular weight is 236 g/mol. The molecular formula is C13H14ClNO. The van der Waals surface area contributed by atoms with E-state index < -0.39 is 0 Å². The van der Waals surface area contributed by atoms with Crippen LogP contribution in [-0.4, -0.2) is 4.98 Å². The summed E-state index contributed by atoms with van der Waals surface area (Å²) in [5.41, 5.74) is 2.58. The zero-order valence-corrected chi connectivity index (χ0v) is 9.77. The van der Waals surface area contributed by atoms with E-state index in [-0.39, 0.29) is 18.0 Å². The summed E-state index contributed by atoms with van der Waals surface area (Å²) in [6.45, 7) is 0. The van der Waals surface area contributed by atoms with Gasteiger partial charge in [-0.3, -0.25) is 4.79 Å². The van der Waals surface area contributed by atoms with Gasteiger partial charge in [-0.15, -0.1) is 12.4 Å². The molecule has 0 fully saturated rings. The maximum absolute atomic E-state index is 11.8. The summed E-state index contributed by atoms with van der Waals surface area (Å²) in [6, 6.07) is 7.90. The molecule has 0 saturated carbocycles. The number of pyridine rings is 1. The van der Waals surface area contributed by atoms with Gasteiger partial charge < -0.3 is 4.98 Å².